The van der Waals surface area contributed by atoms with Gasteiger partial charge in [0.25, 0.3) is 0 Å². The number of unbranched alkanes of at least 4 members (excludes halogenated alkanes) is 1. The van der Waals surface area contributed by atoms with Gasteiger partial charge in [-0.15, -0.1) is 0 Å². The van der Waals surface area contributed by atoms with Crippen molar-refractivity contribution in [2.45, 2.75) is 44.8 Å². The van der Waals surface area contributed by atoms with Crippen LogP contribution in [0.2, 0.25) is 0 Å². The van der Waals surface area contributed by atoms with Crippen LogP contribution in [0.4, 0.5) is 0 Å². The van der Waals surface area contributed by atoms with E-state index in [1.165, 1.54) is 0 Å². The summed E-state index contributed by atoms with van der Waals surface area (Å²) in [6.07, 6.45) is 3.80. The van der Waals surface area contributed by atoms with Gasteiger partial charge in [-0.2, -0.15) is 0 Å². The Hall–Kier alpha value is -0.610. The first-order valence-corrected chi connectivity index (χ1v) is 5.33. The number of carbonyl (C=O) groups excluding carboxylic acids is 1. The molecule has 2 atom stereocenters. The number of carbonyl (C=O) groups is 1. The molecular weight excluding hydrogens is 180 g/mol. The molecule has 14 heavy (non-hydrogen) atoms. The maximum atomic E-state index is 10.5. The summed E-state index contributed by atoms with van der Waals surface area (Å²) in [5, 5.41) is 3.43. The highest BCUT2D eigenvalue weighted by atomic mass is 16.5. The molecule has 0 saturated carbocycles. The standard InChI is InChI=1S/C10H20N2O2/c1-8-9(5-7-14-8)12-6-3-2-4-10(11)13/h8-9,12H,2-7H2,1H3,(H2,11,13). The normalized spacial score (nSPS) is 26.6. The SMILES string of the molecule is CC1OCCC1NCCCCC(N)=O. The Balaban J connectivity index is 1.95. The van der Waals surface area contributed by atoms with E-state index < -0.39 is 0 Å². The van der Waals surface area contributed by atoms with Crippen LogP contribution in [0.25, 0.3) is 0 Å². The third-order valence-corrected chi connectivity index (χ3v) is 2.63. The van der Waals surface area contributed by atoms with Crippen molar-refractivity contribution in [2.75, 3.05) is 13.2 Å². The van der Waals surface area contributed by atoms with Gasteiger partial charge in [0, 0.05) is 19.1 Å². The average molecular weight is 200 g/mol. The summed E-state index contributed by atoms with van der Waals surface area (Å²) in [5.74, 6) is -0.206. The lowest BCUT2D eigenvalue weighted by molar-refractivity contribution is -0.118. The molecule has 1 heterocycles. The maximum absolute atomic E-state index is 10.5. The number of nitrogens with one attached hydrogen (secondary N) is 1. The summed E-state index contributed by atoms with van der Waals surface area (Å²) < 4.78 is 5.42. The van der Waals surface area contributed by atoms with Crippen LogP contribution in [-0.2, 0) is 9.53 Å². The molecule has 1 aliphatic rings. The van der Waals surface area contributed by atoms with Gasteiger partial charge < -0.3 is 15.8 Å². The maximum Gasteiger partial charge on any atom is 0.217 e. The van der Waals surface area contributed by atoms with Crippen LogP contribution in [-0.4, -0.2) is 31.2 Å². The molecule has 4 nitrogen and oxygen atoms in total. The van der Waals surface area contributed by atoms with Gasteiger partial charge in [0.05, 0.1) is 6.10 Å². The number of hydrogen-bond donors (Lipinski definition) is 2. The lowest BCUT2D eigenvalue weighted by Crippen LogP contribution is -2.35. The van der Waals surface area contributed by atoms with Gasteiger partial charge in [0.2, 0.25) is 5.91 Å². The lowest BCUT2D eigenvalue weighted by atomic mass is 10.1. The van der Waals surface area contributed by atoms with Crippen LogP contribution in [0, 0.1) is 0 Å². The molecule has 0 aliphatic carbocycles. The Bertz CT molecular complexity index is 185. The Morgan fingerprint density at radius 3 is 2.93 bits per heavy atom. The van der Waals surface area contributed by atoms with E-state index in [2.05, 4.69) is 12.2 Å². The van der Waals surface area contributed by atoms with Gasteiger partial charge >= 0.3 is 0 Å². The molecule has 0 spiro atoms. The summed E-state index contributed by atoms with van der Waals surface area (Å²) in [7, 11) is 0. The molecule has 4 heteroatoms. The van der Waals surface area contributed by atoms with Crippen LogP contribution in [0.5, 0.6) is 0 Å². The summed E-state index contributed by atoms with van der Waals surface area (Å²) in [6, 6.07) is 0.489. The molecule has 1 aliphatic heterocycles. The molecule has 1 amide bonds. The molecule has 0 bridgehead atoms. The van der Waals surface area contributed by atoms with E-state index in [0.29, 0.717) is 18.6 Å². The summed E-state index contributed by atoms with van der Waals surface area (Å²) >= 11 is 0. The largest absolute Gasteiger partial charge is 0.377 e. The minimum Gasteiger partial charge on any atom is -0.377 e. The molecule has 0 aromatic rings. The molecule has 2 unspecified atom stereocenters. The Kier molecular flexibility index (Phi) is 4.90. The van der Waals surface area contributed by atoms with Crippen molar-refractivity contribution < 1.29 is 9.53 Å². The van der Waals surface area contributed by atoms with Crippen molar-refractivity contribution >= 4 is 5.91 Å². The number of hydrogen-bond acceptors (Lipinski definition) is 3. The third-order valence-electron chi connectivity index (χ3n) is 2.63. The van der Waals surface area contributed by atoms with Crippen LogP contribution in [0.1, 0.15) is 32.6 Å². The Morgan fingerprint density at radius 1 is 1.57 bits per heavy atom. The first-order chi connectivity index (χ1) is 6.70. The monoisotopic (exact) mass is 200 g/mol. The Labute approximate surface area is 85.2 Å². The van der Waals surface area contributed by atoms with E-state index in [0.717, 1.165) is 32.4 Å². The topological polar surface area (TPSA) is 64.3 Å². The summed E-state index contributed by atoms with van der Waals surface area (Å²) in [6.45, 7) is 3.90. The van der Waals surface area contributed by atoms with Crippen LogP contribution in [0.3, 0.4) is 0 Å². The minimum atomic E-state index is -0.206. The van der Waals surface area contributed by atoms with E-state index in [9.17, 15) is 4.79 Å². The number of rotatable bonds is 6. The molecule has 0 radical (unpaired) electrons. The van der Waals surface area contributed by atoms with Crippen LogP contribution >= 0.6 is 0 Å². The van der Waals surface area contributed by atoms with E-state index in [1.807, 2.05) is 0 Å². The highest BCUT2D eigenvalue weighted by Gasteiger charge is 2.22. The van der Waals surface area contributed by atoms with Crippen molar-refractivity contribution in [1.29, 1.82) is 0 Å². The van der Waals surface area contributed by atoms with Crippen molar-refractivity contribution in [3.63, 3.8) is 0 Å². The summed E-state index contributed by atoms with van der Waals surface area (Å²) in [5.41, 5.74) is 5.04. The van der Waals surface area contributed by atoms with E-state index >= 15 is 0 Å². The fourth-order valence-electron chi connectivity index (χ4n) is 1.71. The summed E-state index contributed by atoms with van der Waals surface area (Å²) in [4.78, 5) is 10.5. The van der Waals surface area contributed by atoms with Gasteiger partial charge in [0.15, 0.2) is 0 Å². The molecule has 82 valence electrons. The smallest absolute Gasteiger partial charge is 0.217 e. The lowest BCUT2D eigenvalue weighted by Gasteiger charge is -2.15. The molecule has 0 aromatic carbocycles. The van der Waals surface area contributed by atoms with Crippen molar-refractivity contribution in [1.82, 2.24) is 5.32 Å². The fraction of sp³-hybridized carbons (Fsp3) is 0.900. The molecule has 1 fully saturated rings. The van der Waals surface area contributed by atoms with Gasteiger partial charge in [-0.05, 0) is 32.7 Å². The number of primary amides is 1. The second-order valence-corrected chi connectivity index (χ2v) is 3.85. The first-order valence-electron chi connectivity index (χ1n) is 5.33. The van der Waals surface area contributed by atoms with E-state index in [1.54, 1.807) is 0 Å². The van der Waals surface area contributed by atoms with Crippen molar-refractivity contribution in [2.24, 2.45) is 5.73 Å². The molecule has 1 rings (SSSR count). The number of ether oxygens (including phenoxy) is 1. The van der Waals surface area contributed by atoms with Gasteiger partial charge in [-0.25, -0.2) is 0 Å². The molecule has 3 N–H and O–H groups in total. The molecular formula is C10H20N2O2. The Morgan fingerprint density at radius 2 is 2.36 bits per heavy atom. The predicted molar refractivity (Wildman–Crippen MR) is 54.9 cm³/mol. The predicted octanol–water partition coefficient (Wildman–Crippen LogP) is 0.409. The molecule has 1 saturated heterocycles. The van der Waals surface area contributed by atoms with E-state index in [4.69, 9.17) is 10.5 Å². The third kappa shape index (κ3) is 4.07. The van der Waals surface area contributed by atoms with Gasteiger partial charge in [-0.3, -0.25) is 4.79 Å². The zero-order valence-electron chi connectivity index (χ0n) is 8.79. The molecule has 0 aromatic heterocycles. The fourth-order valence-corrected chi connectivity index (χ4v) is 1.71. The van der Waals surface area contributed by atoms with Gasteiger partial charge in [0.1, 0.15) is 0 Å². The van der Waals surface area contributed by atoms with E-state index in [-0.39, 0.29) is 5.91 Å². The second-order valence-electron chi connectivity index (χ2n) is 3.85. The number of amides is 1. The second kappa shape index (κ2) is 5.98. The zero-order valence-corrected chi connectivity index (χ0v) is 8.79. The first kappa shape index (κ1) is 11.5. The quantitative estimate of drug-likeness (QED) is 0.610. The van der Waals surface area contributed by atoms with Gasteiger partial charge in [-0.1, -0.05) is 0 Å². The highest BCUT2D eigenvalue weighted by Crippen LogP contribution is 2.12. The minimum absolute atomic E-state index is 0.206. The highest BCUT2D eigenvalue weighted by molar-refractivity contribution is 5.73. The average Bonchev–Trinajstić information content (AvgIpc) is 2.51. The number of nitrogens with two attached hydrogens (primary N) is 1. The van der Waals surface area contributed by atoms with Crippen molar-refractivity contribution in [3.8, 4) is 0 Å². The van der Waals surface area contributed by atoms with Crippen LogP contribution in [0.15, 0.2) is 0 Å². The zero-order chi connectivity index (χ0) is 10.4. The van der Waals surface area contributed by atoms with Crippen molar-refractivity contribution in [3.05, 3.63) is 0 Å². The van der Waals surface area contributed by atoms with Crippen LogP contribution < -0.4 is 11.1 Å².